The minimum absolute atomic E-state index is 0.248. The predicted octanol–water partition coefficient (Wildman–Crippen LogP) is 3.38. The van der Waals surface area contributed by atoms with Crippen molar-refractivity contribution in [2.75, 3.05) is 7.11 Å². The Morgan fingerprint density at radius 3 is 2.84 bits per heavy atom. The maximum Gasteiger partial charge on any atom is 0.275 e. The number of amides is 1. The molecule has 19 heavy (non-hydrogen) atoms. The number of hydrogen-bond acceptors (Lipinski definition) is 3. The molecule has 1 aromatic carbocycles. The molecule has 0 spiro atoms. The Bertz CT molecular complexity index is 416. The molecule has 0 aliphatic carbocycles. The number of hydrogen-bond donors (Lipinski definition) is 1. The molecule has 0 saturated heterocycles. The molecule has 0 bridgehead atoms. The summed E-state index contributed by atoms with van der Waals surface area (Å²) in [5.41, 5.74) is 3.01. The number of nitrogens with one attached hydrogen (secondary N) is 1. The predicted molar refractivity (Wildman–Crippen MR) is 77.7 cm³/mol. The highest BCUT2D eigenvalue weighted by Crippen LogP contribution is 2.16. The topological polar surface area (TPSA) is 50.7 Å². The van der Waals surface area contributed by atoms with E-state index in [1.807, 2.05) is 6.07 Å². The smallest absolute Gasteiger partial charge is 0.275 e. The number of para-hydroxylation sites is 1. The Kier molecular flexibility index (Phi) is 7.32. The van der Waals surface area contributed by atoms with Gasteiger partial charge in [0.2, 0.25) is 0 Å². The zero-order valence-corrected chi connectivity index (χ0v) is 11.7. The lowest BCUT2D eigenvalue weighted by atomic mass is 10.2. The van der Waals surface area contributed by atoms with Gasteiger partial charge in [0, 0.05) is 6.21 Å². The highest BCUT2D eigenvalue weighted by molar-refractivity contribution is 5.96. The van der Waals surface area contributed by atoms with Crippen molar-refractivity contribution in [2.45, 2.75) is 39.0 Å². The van der Waals surface area contributed by atoms with Crippen LogP contribution in [0.1, 0.15) is 49.4 Å². The summed E-state index contributed by atoms with van der Waals surface area (Å²) in [6, 6.07) is 7.09. The number of carbonyl (C=O) groups excluding carboxylic acids is 1. The Balaban J connectivity index is 2.36. The van der Waals surface area contributed by atoms with Crippen LogP contribution >= 0.6 is 0 Å². The Morgan fingerprint density at radius 2 is 2.11 bits per heavy atom. The normalized spacial score (nSPS) is 10.6. The fourth-order valence-electron chi connectivity index (χ4n) is 1.72. The summed E-state index contributed by atoms with van der Waals surface area (Å²) in [5, 5.41) is 3.94. The summed E-state index contributed by atoms with van der Waals surface area (Å²) in [7, 11) is 1.54. The SMILES string of the molecule is CCCCCC/C=N/NC(=O)c1ccccc1OC. The van der Waals surface area contributed by atoms with Crippen LogP contribution in [0.3, 0.4) is 0 Å². The molecule has 0 radical (unpaired) electrons. The second kappa shape index (κ2) is 9.14. The van der Waals surface area contributed by atoms with Crippen LogP contribution in [0.25, 0.3) is 0 Å². The maximum atomic E-state index is 11.9. The van der Waals surface area contributed by atoms with Crippen LogP contribution in [0.2, 0.25) is 0 Å². The number of benzene rings is 1. The summed E-state index contributed by atoms with van der Waals surface area (Å²) in [4.78, 5) is 11.9. The molecule has 0 unspecified atom stereocenters. The zero-order valence-electron chi connectivity index (χ0n) is 11.7. The lowest BCUT2D eigenvalue weighted by molar-refractivity contribution is 0.0952. The van der Waals surface area contributed by atoms with Crippen LogP contribution in [0, 0.1) is 0 Å². The van der Waals surface area contributed by atoms with Gasteiger partial charge in [0.15, 0.2) is 0 Å². The molecule has 104 valence electrons. The molecule has 1 aromatic rings. The molecular formula is C15H22N2O2. The van der Waals surface area contributed by atoms with E-state index in [1.54, 1.807) is 31.5 Å². The van der Waals surface area contributed by atoms with Crippen LogP contribution < -0.4 is 10.2 Å². The van der Waals surface area contributed by atoms with E-state index in [4.69, 9.17) is 4.74 Å². The monoisotopic (exact) mass is 262 g/mol. The van der Waals surface area contributed by atoms with Crippen molar-refractivity contribution in [1.29, 1.82) is 0 Å². The molecule has 0 atom stereocenters. The first kappa shape index (κ1) is 15.2. The third-order valence-electron chi connectivity index (χ3n) is 2.80. The summed E-state index contributed by atoms with van der Waals surface area (Å²) < 4.78 is 5.13. The van der Waals surface area contributed by atoms with E-state index in [9.17, 15) is 4.79 Å². The molecule has 0 aromatic heterocycles. The van der Waals surface area contributed by atoms with Crippen LogP contribution in [-0.4, -0.2) is 19.2 Å². The van der Waals surface area contributed by atoms with Gasteiger partial charge in [0.25, 0.3) is 5.91 Å². The first-order chi connectivity index (χ1) is 9.29. The number of ether oxygens (including phenoxy) is 1. The second-order valence-electron chi connectivity index (χ2n) is 4.30. The highest BCUT2D eigenvalue weighted by Gasteiger charge is 2.09. The summed E-state index contributed by atoms with van der Waals surface area (Å²) in [6.07, 6.45) is 7.45. The highest BCUT2D eigenvalue weighted by atomic mass is 16.5. The van der Waals surface area contributed by atoms with Crippen molar-refractivity contribution < 1.29 is 9.53 Å². The lowest BCUT2D eigenvalue weighted by Crippen LogP contribution is -2.18. The van der Waals surface area contributed by atoms with Crippen LogP contribution in [0.15, 0.2) is 29.4 Å². The van der Waals surface area contributed by atoms with E-state index in [0.29, 0.717) is 11.3 Å². The minimum atomic E-state index is -0.248. The largest absolute Gasteiger partial charge is 0.496 e. The number of carbonyl (C=O) groups is 1. The maximum absolute atomic E-state index is 11.9. The molecule has 0 heterocycles. The van der Waals surface area contributed by atoms with Crippen LogP contribution in [0.5, 0.6) is 5.75 Å². The summed E-state index contributed by atoms with van der Waals surface area (Å²) >= 11 is 0. The minimum Gasteiger partial charge on any atom is -0.496 e. The van der Waals surface area contributed by atoms with Crippen LogP contribution in [-0.2, 0) is 0 Å². The van der Waals surface area contributed by atoms with Crippen molar-refractivity contribution in [3.8, 4) is 5.75 Å². The van der Waals surface area contributed by atoms with E-state index < -0.39 is 0 Å². The first-order valence-corrected chi connectivity index (χ1v) is 6.74. The first-order valence-electron chi connectivity index (χ1n) is 6.74. The summed E-state index contributed by atoms with van der Waals surface area (Å²) in [5.74, 6) is 0.306. The number of methoxy groups -OCH3 is 1. The van der Waals surface area contributed by atoms with E-state index in [2.05, 4.69) is 17.5 Å². The molecule has 1 amide bonds. The van der Waals surface area contributed by atoms with Gasteiger partial charge in [-0.2, -0.15) is 5.10 Å². The van der Waals surface area contributed by atoms with E-state index in [0.717, 1.165) is 12.8 Å². The molecule has 1 rings (SSSR count). The number of nitrogens with zero attached hydrogens (tertiary/aromatic N) is 1. The van der Waals surface area contributed by atoms with Gasteiger partial charge >= 0.3 is 0 Å². The standard InChI is InChI=1S/C15H22N2O2/c1-3-4-5-6-9-12-16-17-15(18)13-10-7-8-11-14(13)19-2/h7-8,10-12H,3-6,9H2,1-2H3,(H,17,18)/b16-12+. The fraction of sp³-hybridized carbons (Fsp3) is 0.467. The van der Waals surface area contributed by atoms with Gasteiger partial charge in [-0.1, -0.05) is 38.3 Å². The van der Waals surface area contributed by atoms with E-state index in [-0.39, 0.29) is 5.91 Å². The van der Waals surface area contributed by atoms with Crippen molar-refractivity contribution in [2.24, 2.45) is 5.10 Å². The summed E-state index contributed by atoms with van der Waals surface area (Å²) in [6.45, 7) is 2.18. The third-order valence-corrected chi connectivity index (χ3v) is 2.80. The van der Waals surface area contributed by atoms with Crippen molar-refractivity contribution in [3.63, 3.8) is 0 Å². The van der Waals surface area contributed by atoms with Gasteiger partial charge in [-0.05, 0) is 25.0 Å². The molecule has 1 N–H and O–H groups in total. The average molecular weight is 262 g/mol. The number of unbranched alkanes of at least 4 members (excludes halogenated alkanes) is 4. The molecule has 0 fully saturated rings. The van der Waals surface area contributed by atoms with Crippen molar-refractivity contribution >= 4 is 12.1 Å². The van der Waals surface area contributed by atoms with Crippen molar-refractivity contribution in [1.82, 2.24) is 5.43 Å². The Morgan fingerprint density at radius 1 is 1.32 bits per heavy atom. The fourth-order valence-corrected chi connectivity index (χ4v) is 1.72. The Labute approximate surface area is 114 Å². The molecular weight excluding hydrogens is 240 g/mol. The van der Waals surface area contributed by atoms with Gasteiger partial charge in [0.1, 0.15) is 5.75 Å². The van der Waals surface area contributed by atoms with Gasteiger partial charge in [-0.3, -0.25) is 4.79 Å². The second-order valence-corrected chi connectivity index (χ2v) is 4.30. The quantitative estimate of drug-likeness (QED) is 0.443. The van der Waals surface area contributed by atoms with Gasteiger partial charge < -0.3 is 4.74 Å². The zero-order chi connectivity index (χ0) is 13.9. The lowest BCUT2D eigenvalue weighted by Gasteiger charge is -2.05. The van der Waals surface area contributed by atoms with Gasteiger partial charge in [-0.15, -0.1) is 0 Å². The molecule has 0 aliphatic rings. The third kappa shape index (κ3) is 5.55. The van der Waals surface area contributed by atoms with Gasteiger partial charge in [0.05, 0.1) is 12.7 Å². The van der Waals surface area contributed by atoms with Crippen LogP contribution in [0.4, 0.5) is 0 Å². The Hall–Kier alpha value is -1.84. The molecule has 4 heteroatoms. The number of rotatable bonds is 8. The van der Waals surface area contributed by atoms with E-state index >= 15 is 0 Å². The molecule has 4 nitrogen and oxygen atoms in total. The molecule has 0 aliphatic heterocycles. The van der Waals surface area contributed by atoms with Gasteiger partial charge in [-0.25, -0.2) is 5.43 Å². The number of hydrazone groups is 1. The van der Waals surface area contributed by atoms with E-state index in [1.165, 1.54) is 19.3 Å². The average Bonchev–Trinajstić information content (AvgIpc) is 2.46. The van der Waals surface area contributed by atoms with Crippen molar-refractivity contribution in [3.05, 3.63) is 29.8 Å². The molecule has 0 saturated carbocycles.